The maximum absolute atomic E-state index is 13.1. The van der Waals surface area contributed by atoms with E-state index >= 15 is 0 Å². The summed E-state index contributed by atoms with van der Waals surface area (Å²) in [6.07, 6.45) is 0. The molecular weight excluding hydrogens is 391 g/mol. The van der Waals surface area contributed by atoms with E-state index in [-0.39, 0.29) is 5.82 Å². The number of hydrogen-bond acceptors (Lipinski definition) is 4. The van der Waals surface area contributed by atoms with Gasteiger partial charge in [0, 0.05) is 29.0 Å². The lowest BCUT2D eigenvalue weighted by Gasteiger charge is -2.14. The molecule has 24 heavy (non-hydrogen) atoms. The monoisotopic (exact) mass is 404 g/mol. The number of rotatable bonds is 4. The van der Waals surface area contributed by atoms with Gasteiger partial charge >= 0.3 is 0 Å². The zero-order valence-electron chi connectivity index (χ0n) is 12.7. The molecule has 0 amide bonds. The maximum Gasteiger partial charge on any atom is 0.232 e. The summed E-state index contributed by atoms with van der Waals surface area (Å²) in [5, 5.41) is 9.55. The summed E-state index contributed by atoms with van der Waals surface area (Å²) in [7, 11) is 0. The zero-order chi connectivity index (χ0) is 16.5. The second-order valence-electron chi connectivity index (χ2n) is 5.48. The number of halogens is 2. The van der Waals surface area contributed by atoms with E-state index in [0.717, 1.165) is 40.1 Å². The molecular formula is C17H14BrFN4S. The van der Waals surface area contributed by atoms with Gasteiger partial charge in [-0.2, -0.15) is 0 Å². The summed E-state index contributed by atoms with van der Waals surface area (Å²) in [5.74, 6) is 1.44. The maximum atomic E-state index is 13.1. The number of benzene rings is 2. The second kappa shape index (κ2) is 6.57. The number of thioether (sulfide) groups is 1. The van der Waals surface area contributed by atoms with Crippen molar-refractivity contribution in [3.05, 3.63) is 64.4 Å². The molecule has 0 atom stereocenters. The van der Waals surface area contributed by atoms with Crippen molar-refractivity contribution in [2.24, 2.45) is 0 Å². The van der Waals surface area contributed by atoms with E-state index in [1.54, 1.807) is 23.9 Å². The predicted octanol–water partition coefficient (Wildman–Crippen LogP) is 4.62. The lowest BCUT2D eigenvalue weighted by molar-refractivity contribution is 0.627. The van der Waals surface area contributed by atoms with Crippen LogP contribution in [0.15, 0.2) is 58.2 Å². The third kappa shape index (κ3) is 3.06. The van der Waals surface area contributed by atoms with Crippen molar-refractivity contribution in [2.45, 2.75) is 17.5 Å². The Morgan fingerprint density at radius 3 is 2.50 bits per heavy atom. The van der Waals surface area contributed by atoms with E-state index in [4.69, 9.17) is 0 Å². The zero-order valence-corrected chi connectivity index (χ0v) is 15.1. The van der Waals surface area contributed by atoms with Gasteiger partial charge in [-0.05, 0) is 42.0 Å². The van der Waals surface area contributed by atoms with Crippen molar-refractivity contribution in [1.82, 2.24) is 14.8 Å². The molecule has 2 heterocycles. The van der Waals surface area contributed by atoms with Crippen LogP contribution in [-0.4, -0.2) is 21.3 Å². The molecule has 0 saturated carbocycles. The van der Waals surface area contributed by atoms with Gasteiger partial charge in [-0.3, -0.25) is 4.57 Å². The van der Waals surface area contributed by atoms with Crippen LogP contribution in [0.2, 0.25) is 0 Å². The molecule has 0 N–H and O–H groups in total. The van der Waals surface area contributed by atoms with Crippen LogP contribution in [-0.2, 0) is 12.3 Å². The minimum Gasteiger partial charge on any atom is -0.309 e. The van der Waals surface area contributed by atoms with E-state index in [9.17, 15) is 4.39 Å². The van der Waals surface area contributed by atoms with Gasteiger partial charge in [0.25, 0.3) is 0 Å². The Kier molecular flexibility index (Phi) is 4.28. The summed E-state index contributed by atoms with van der Waals surface area (Å²) < 4.78 is 16.3. The van der Waals surface area contributed by atoms with E-state index < -0.39 is 0 Å². The Morgan fingerprint density at radius 2 is 1.75 bits per heavy atom. The lowest BCUT2D eigenvalue weighted by atomic mass is 10.2. The highest BCUT2D eigenvalue weighted by Gasteiger charge is 2.25. The molecule has 1 aliphatic rings. The van der Waals surface area contributed by atoms with Gasteiger partial charge in [-0.1, -0.05) is 39.8 Å². The summed E-state index contributed by atoms with van der Waals surface area (Å²) >= 11 is 5.13. The molecule has 4 rings (SSSR count). The number of anilines is 2. The fourth-order valence-corrected chi connectivity index (χ4v) is 3.86. The van der Waals surface area contributed by atoms with E-state index in [0.29, 0.717) is 0 Å². The molecule has 3 aromatic rings. The highest BCUT2D eigenvalue weighted by molar-refractivity contribution is 9.10. The molecule has 0 fully saturated rings. The number of fused-ring (bicyclic) bond motifs is 1. The first-order valence-corrected chi connectivity index (χ1v) is 9.32. The minimum absolute atomic E-state index is 0.231. The Labute approximate surface area is 151 Å². The van der Waals surface area contributed by atoms with Crippen LogP contribution in [0.3, 0.4) is 0 Å². The normalized spacial score (nSPS) is 13.3. The third-order valence-corrected chi connectivity index (χ3v) is 5.47. The van der Waals surface area contributed by atoms with Gasteiger partial charge in [0.15, 0.2) is 5.16 Å². The molecule has 122 valence electrons. The molecule has 0 aliphatic carbocycles. The Balaban J connectivity index is 1.51. The highest BCUT2D eigenvalue weighted by Crippen LogP contribution is 2.33. The first kappa shape index (κ1) is 15.7. The first-order valence-electron chi connectivity index (χ1n) is 7.54. The molecule has 0 saturated heterocycles. The van der Waals surface area contributed by atoms with Crippen LogP contribution in [0.5, 0.6) is 0 Å². The van der Waals surface area contributed by atoms with Gasteiger partial charge in [0.05, 0.1) is 0 Å². The first-order chi connectivity index (χ1) is 11.7. The fraction of sp³-hybridized carbons (Fsp3) is 0.176. The number of nitrogens with zero attached hydrogens (tertiary/aromatic N) is 4. The molecule has 2 aromatic carbocycles. The van der Waals surface area contributed by atoms with E-state index in [2.05, 4.69) is 47.7 Å². The summed E-state index contributed by atoms with van der Waals surface area (Å²) in [6.45, 7) is 1.66. The van der Waals surface area contributed by atoms with Crippen molar-refractivity contribution >= 4 is 39.3 Å². The largest absolute Gasteiger partial charge is 0.309 e. The van der Waals surface area contributed by atoms with Gasteiger partial charge in [0.1, 0.15) is 5.82 Å². The van der Waals surface area contributed by atoms with Crippen molar-refractivity contribution in [3.8, 4) is 0 Å². The quantitative estimate of drug-likeness (QED) is 0.593. The number of aromatic nitrogens is 3. The summed E-state index contributed by atoms with van der Waals surface area (Å²) in [4.78, 5) is 2.07. The van der Waals surface area contributed by atoms with Crippen LogP contribution in [0.25, 0.3) is 0 Å². The Bertz CT molecular complexity index is 848. The molecule has 0 bridgehead atoms. The average molecular weight is 405 g/mol. The predicted molar refractivity (Wildman–Crippen MR) is 97.1 cm³/mol. The smallest absolute Gasteiger partial charge is 0.232 e. The van der Waals surface area contributed by atoms with Crippen LogP contribution >= 0.6 is 27.7 Å². The second-order valence-corrected chi connectivity index (χ2v) is 7.34. The molecule has 7 heteroatoms. The standard InChI is InChI=1S/C17H14BrFN4S/c18-13-3-1-12(2-4-13)11-24-17-21-20-16-22(9-10-23(16)17)15-7-5-14(19)6-8-15/h1-8H,9-11H2. The van der Waals surface area contributed by atoms with Gasteiger partial charge < -0.3 is 4.90 Å². The van der Waals surface area contributed by atoms with Gasteiger partial charge in [-0.25, -0.2) is 4.39 Å². The van der Waals surface area contributed by atoms with Gasteiger partial charge in [-0.15, -0.1) is 10.2 Å². The summed E-state index contributed by atoms with van der Waals surface area (Å²) in [6, 6.07) is 14.8. The molecule has 0 unspecified atom stereocenters. The Hall–Kier alpha value is -1.86. The number of hydrogen-bond donors (Lipinski definition) is 0. The van der Waals surface area contributed by atoms with Crippen LogP contribution in [0.1, 0.15) is 5.56 Å². The molecule has 1 aliphatic heterocycles. The lowest BCUT2D eigenvalue weighted by Crippen LogP contribution is -2.14. The van der Waals surface area contributed by atoms with Crippen LogP contribution < -0.4 is 4.90 Å². The topological polar surface area (TPSA) is 34.0 Å². The average Bonchev–Trinajstić information content (AvgIpc) is 3.18. The van der Waals surface area contributed by atoms with E-state index in [1.165, 1.54) is 17.7 Å². The van der Waals surface area contributed by atoms with Crippen molar-refractivity contribution in [2.75, 3.05) is 11.4 Å². The Morgan fingerprint density at radius 1 is 1.00 bits per heavy atom. The van der Waals surface area contributed by atoms with Crippen LogP contribution in [0, 0.1) is 5.82 Å². The molecule has 1 aromatic heterocycles. The fourth-order valence-electron chi connectivity index (χ4n) is 2.68. The SMILES string of the molecule is Fc1ccc(N2CCn3c(SCc4ccc(Br)cc4)nnc32)cc1. The molecule has 0 spiro atoms. The van der Waals surface area contributed by atoms with Crippen molar-refractivity contribution in [3.63, 3.8) is 0 Å². The van der Waals surface area contributed by atoms with Crippen LogP contribution in [0.4, 0.5) is 16.0 Å². The summed E-state index contributed by atoms with van der Waals surface area (Å²) in [5.41, 5.74) is 2.18. The highest BCUT2D eigenvalue weighted by atomic mass is 79.9. The van der Waals surface area contributed by atoms with E-state index in [1.807, 2.05) is 12.1 Å². The molecule has 4 nitrogen and oxygen atoms in total. The molecule has 0 radical (unpaired) electrons. The van der Waals surface area contributed by atoms with Crippen molar-refractivity contribution in [1.29, 1.82) is 0 Å². The third-order valence-electron chi connectivity index (χ3n) is 3.91. The van der Waals surface area contributed by atoms with Crippen molar-refractivity contribution < 1.29 is 4.39 Å². The minimum atomic E-state index is -0.231. The van der Waals surface area contributed by atoms with Gasteiger partial charge in [0.2, 0.25) is 5.95 Å².